The number of benzene rings is 1. The van der Waals surface area contributed by atoms with Crippen molar-refractivity contribution < 1.29 is 4.55 Å². The highest BCUT2D eigenvalue weighted by Gasteiger charge is 2.13. The van der Waals surface area contributed by atoms with E-state index in [0.29, 0.717) is 0 Å². The molecule has 1 aromatic rings. The maximum atomic E-state index is 12.4. The van der Waals surface area contributed by atoms with Crippen molar-refractivity contribution in [1.29, 1.82) is 0 Å². The second kappa shape index (κ2) is 12.6. The minimum Gasteiger partial charge on any atom is -0.611 e. The van der Waals surface area contributed by atoms with Crippen LogP contribution in [0.4, 0.5) is 0 Å². The summed E-state index contributed by atoms with van der Waals surface area (Å²) >= 11 is -0.871. The molecule has 2 atom stereocenters. The van der Waals surface area contributed by atoms with Gasteiger partial charge >= 0.3 is 0 Å². The van der Waals surface area contributed by atoms with E-state index in [1.165, 1.54) is 49.7 Å². The van der Waals surface area contributed by atoms with Crippen LogP contribution in [0.25, 0.3) is 5.57 Å². The first-order chi connectivity index (χ1) is 11.6. The molecule has 1 aromatic carbocycles. The summed E-state index contributed by atoms with van der Waals surface area (Å²) in [7, 11) is 0. The predicted octanol–water partition coefficient (Wildman–Crippen LogP) is 6.99. The Kier molecular flexibility index (Phi) is 11.2. The fourth-order valence-electron chi connectivity index (χ4n) is 3.03. The summed E-state index contributed by atoms with van der Waals surface area (Å²) in [6.45, 7) is 11.0. The van der Waals surface area contributed by atoms with Crippen LogP contribution < -0.4 is 0 Å². The van der Waals surface area contributed by atoms with E-state index < -0.39 is 11.2 Å². The second-order valence-corrected chi connectivity index (χ2v) is 8.41. The number of allylic oxidation sites excluding steroid dienone is 1. The maximum absolute atomic E-state index is 12.4. The van der Waals surface area contributed by atoms with Crippen LogP contribution in [0, 0.1) is 5.92 Å². The summed E-state index contributed by atoms with van der Waals surface area (Å²) in [5, 5.41) is 0. The van der Waals surface area contributed by atoms with Gasteiger partial charge in [0.2, 0.25) is 0 Å². The first-order valence-corrected chi connectivity index (χ1v) is 11.1. The van der Waals surface area contributed by atoms with E-state index in [4.69, 9.17) is 0 Å². The largest absolute Gasteiger partial charge is 0.611 e. The van der Waals surface area contributed by atoms with E-state index in [1.54, 1.807) is 0 Å². The number of hydrogen-bond acceptors (Lipinski definition) is 1. The Morgan fingerprint density at radius 1 is 1.08 bits per heavy atom. The fourth-order valence-corrected chi connectivity index (χ4v) is 4.22. The van der Waals surface area contributed by atoms with Crippen LogP contribution in [0.5, 0.6) is 0 Å². The summed E-state index contributed by atoms with van der Waals surface area (Å²) < 4.78 is 12.4. The van der Waals surface area contributed by atoms with Crippen molar-refractivity contribution in [3.63, 3.8) is 0 Å². The molecule has 2 heteroatoms. The molecule has 2 unspecified atom stereocenters. The van der Waals surface area contributed by atoms with Gasteiger partial charge in [-0.05, 0) is 60.0 Å². The highest BCUT2D eigenvalue weighted by atomic mass is 32.2. The average Bonchev–Trinajstić information content (AvgIpc) is 2.62. The Morgan fingerprint density at radius 3 is 2.50 bits per heavy atom. The molecule has 1 rings (SSSR count). The molecule has 0 fully saturated rings. The Balaban J connectivity index is 2.56. The van der Waals surface area contributed by atoms with E-state index in [2.05, 4.69) is 39.5 Å². The van der Waals surface area contributed by atoms with Gasteiger partial charge in [-0.2, -0.15) is 0 Å². The molecule has 0 aliphatic heterocycles. The molecule has 0 bridgehead atoms. The van der Waals surface area contributed by atoms with E-state index >= 15 is 0 Å². The smallest absolute Gasteiger partial charge is 0.153 e. The summed E-state index contributed by atoms with van der Waals surface area (Å²) in [5.41, 5.74) is 2.36. The van der Waals surface area contributed by atoms with Crippen molar-refractivity contribution in [3.8, 4) is 0 Å². The van der Waals surface area contributed by atoms with Gasteiger partial charge in [0.25, 0.3) is 0 Å². The minimum absolute atomic E-state index is 0.776. The lowest BCUT2D eigenvalue weighted by Gasteiger charge is -2.16. The molecule has 0 aliphatic carbocycles. The minimum atomic E-state index is -0.871. The van der Waals surface area contributed by atoms with Gasteiger partial charge in [0, 0.05) is 6.07 Å². The van der Waals surface area contributed by atoms with Crippen LogP contribution in [0.1, 0.15) is 84.1 Å². The number of unbranched alkanes of at least 4 members (excludes halogenated alkanes) is 3. The van der Waals surface area contributed by atoms with Gasteiger partial charge in [-0.3, -0.25) is 0 Å². The lowest BCUT2D eigenvalue weighted by atomic mass is 9.91. The van der Waals surface area contributed by atoms with E-state index in [-0.39, 0.29) is 0 Å². The zero-order valence-corrected chi connectivity index (χ0v) is 16.8. The zero-order valence-electron chi connectivity index (χ0n) is 16.0. The topological polar surface area (TPSA) is 23.1 Å². The monoisotopic (exact) mass is 348 g/mol. The normalized spacial score (nSPS) is 13.7. The van der Waals surface area contributed by atoms with E-state index in [9.17, 15) is 4.55 Å². The molecule has 0 heterocycles. The highest BCUT2D eigenvalue weighted by Crippen LogP contribution is 2.26. The standard InChI is InChI=1S/C22H36OS/c1-5-8-10-17-24(23)22-14-11-13-21(18-22)19(4)15-16-20(7-3)12-9-6-2/h11,13-14,18,20H,4-10,12,15-17H2,1-3H3. The van der Waals surface area contributed by atoms with Gasteiger partial charge < -0.3 is 4.55 Å². The highest BCUT2D eigenvalue weighted by molar-refractivity contribution is 7.91. The Bertz CT molecular complexity index is 469. The first-order valence-electron chi connectivity index (χ1n) is 9.78. The second-order valence-electron chi connectivity index (χ2n) is 6.84. The summed E-state index contributed by atoms with van der Waals surface area (Å²) in [6, 6.07) is 8.23. The quantitative estimate of drug-likeness (QED) is 0.278. The molecule has 0 aromatic heterocycles. The van der Waals surface area contributed by atoms with Crippen molar-refractivity contribution in [2.75, 3.05) is 5.75 Å². The Hall–Kier alpha value is -0.730. The van der Waals surface area contributed by atoms with Gasteiger partial charge in [0.15, 0.2) is 4.90 Å². The number of rotatable bonds is 13. The first kappa shape index (κ1) is 21.3. The molecular formula is C22H36OS. The summed E-state index contributed by atoms with van der Waals surface area (Å²) in [5.74, 6) is 1.59. The van der Waals surface area contributed by atoms with Crippen LogP contribution in [-0.4, -0.2) is 10.3 Å². The van der Waals surface area contributed by atoms with Crippen molar-refractivity contribution in [1.82, 2.24) is 0 Å². The fraction of sp³-hybridized carbons (Fsp3) is 0.636. The van der Waals surface area contributed by atoms with Crippen molar-refractivity contribution in [2.45, 2.75) is 83.5 Å². The van der Waals surface area contributed by atoms with Crippen molar-refractivity contribution in [2.24, 2.45) is 5.92 Å². The molecule has 0 amide bonds. The Morgan fingerprint density at radius 2 is 1.83 bits per heavy atom. The average molecular weight is 349 g/mol. The van der Waals surface area contributed by atoms with Gasteiger partial charge in [-0.15, -0.1) is 0 Å². The molecular weight excluding hydrogens is 312 g/mol. The van der Waals surface area contributed by atoms with Crippen molar-refractivity contribution >= 4 is 16.7 Å². The molecule has 0 aliphatic rings. The molecule has 136 valence electrons. The third kappa shape index (κ3) is 7.90. The SMILES string of the molecule is C=C(CCC(CC)CCCC)c1cccc([S+]([O-])CCCCC)c1. The third-order valence-electron chi connectivity index (χ3n) is 4.84. The molecule has 0 radical (unpaired) electrons. The third-order valence-corrected chi connectivity index (χ3v) is 6.28. The molecule has 24 heavy (non-hydrogen) atoms. The van der Waals surface area contributed by atoms with Crippen LogP contribution in [0.3, 0.4) is 0 Å². The molecule has 0 N–H and O–H groups in total. The maximum Gasteiger partial charge on any atom is 0.153 e. The Labute approximate surface area is 153 Å². The molecule has 1 nitrogen and oxygen atoms in total. The summed E-state index contributed by atoms with van der Waals surface area (Å²) in [4.78, 5) is 0.961. The van der Waals surface area contributed by atoms with Crippen LogP contribution >= 0.6 is 0 Å². The molecule has 0 spiro atoms. The zero-order chi connectivity index (χ0) is 17.8. The van der Waals surface area contributed by atoms with Gasteiger partial charge in [0.1, 0.15) is 5.75 Å². The lowest BCUT2D eigenvalue weighted by molar-refractivity contribution is 0.427. The number of hydrogen-bond donors (Lipinski definition) is 0. The lowest BCUT2D eigenvalue weighted by Crippen LogP contribution is -2.07. The van der Waals surface area contributed by atoms with Crippen LogP contribution in [-0.2, 0) is 11.2 Å². The summed E-state index contributed by atoms with van der Waals surface area (Å²) in [6.07, 6.45) is 10.9. The molecule has 0 saturated heterocycles. The van der Waals surface area contributed by atoms with Crippen LogP contribution in [0.2, 0.25) is 0 Å². The van der Waals surface area contributed by atoms with Gasteiger partial charge in [-0.1, -0.05) is 71.6 Å². The van der Waals surface area contributed by atoms with E-state index in [1.807, 2.05) is 12.1 Å². The van der Waals surface area contributed by atoms with Crippen molar-refractivity contribution in [3.05, 3.63) is 36.4 Å². The molecule has 0 saturated carbocycles. The predicted molar refractivity (Wildman–Crippen MR) is 109 cm³/mol. The van der Waals surface area contributed by atoms with E-state index in [0.717, 1.165) is 35.8 Å². The van der Waals surface area contributed by atoms with Gasteiger partial charge in [-0.25, -0.2) is 0 Å². The van der Waals surface area contributed by atoms with Gasteiger partial charge in [0.05, 0.1) is 0 Å². The van der Waals surface area contributed by atoms with Crippen LogP contribution in [0.15, 0.2) is 35.7 Å².